The molecule has 2 rings (SSSR count). The number of hydrogen-bond donors (Lipinski definition) is 1. The maximum atomic E-state index is 12.1. The molecule has 7 nitrogen and oxygen atoms in total. The zero-order valence-corrected chi connectivity index (χ0v) is 14.6. The Labute approximate surface area is 143 Å². The highest BCUT2D eigenvalue weighted by molar-refractivity contribution is 5.91. The van der Waals surface area contributed by atoms with Crippen molar-refractivity contribution >= 4 is 17.8 Å². The van der Waals surface area contributed by atoms with Gasteiger partial charge in [-0.3, -0.25) is 9.69 Å². The van der Waals surface area contributed by atoms with E-state index in [-0.39, 0.29) is 18.0 Å². The van der Waals surface area contributed by atoms with E-state index in [2.05, 4.69) is 10.3 Å². The lowest BCUT2D eigenvalue weighted by molar-refractivity contribution is -0.117. The highest BCUT2D eigenvalue weighted by Crippen LogP contribution is 2.16. The van der Waals surface area contributed by atoms with Crippen molar-refractivity contribution < 1.29 is 14.3 Å². The Morgan fingerprint density at radius 1 is 1.38 bits per heavy atom. The number of nitrogens with one attached hydrogen (secondary N) is 1. The monoisotopic (exact) mass is 334 g/mol. The molecular weight excluding hydrogens is 308 g/mol. The molecule has 1 fully saturated rings. The number of hydrogen-bond acceptors (Lipinski definition) is 5. The zero-order valence-electron chi connectivity index (χ0n) is 14.6. The van der Waals surface area contributed by atoms with Gasteiger partial charge in [0.1, 0.15) is 5.82 Å². The summed E-state index contributed by atoms with van der Waals surface area (Å²) < 4.78 is 5.02. The van der Waals surface area contributed by atoms with Crippen molar-refractivity contribution in [1.29, 1.82) is 0 Å². The van der Waals surface area contributed by atoms with Crippen LogP contribution in [-0.4, -0.2) is 66.1 Å². The number of rotatable bonds is 5. The lowest BCUT2D eigenvalue weighted by Crippen LogP contribution is -2.47. The summed E-state index contributed by atoms with van der Waals surface area (Å²) in [6.45, 7) is 5.78. The summed E-state index contributed by atoms with van der Waals surface area (Å²) in [5.74, 6) is 0.484. The van der Waals surface area contributed by atoms with E-state index in [9.17, 15) is 9.59 Å². The number of nitrogens with zero attached hydrogens (tertiary/aromatic N) is 3. The first-order chi connectivity index (χ1) is 11.5. The summed E-state index contributed by atoms with van der Waals surface area (Å²) >= 11 is 0. The molecular formula is C17H26N4O3. The molecule has 2 heterocycles. The fraction of sp³-hybridized carbons (Fsp3) is 0.588. The van der Waals surface area contributed by atoms with Crippen LogP contribution >= 0.6 is 0 Å². The summed E-state index contributed by atoms with van der Waals surface area (Å²) in [6.07, 6.45) is 3.16. The van der Waals surface area contributed by atoms with E-state index in [1.54, 1.807) is 24.1 Å². The van der Waals surface area contributed by atoms with Crippen LogP contribution in [0.2, 0.25) is 0 Å². The van der Waals surface area contributed by atoms with Crippen LogP contribution in [0.3, 0.4) is 0 Å². The van der Waals surface area contributed by atoms with Crippen LogP contribution in [0.15, 0.2) is 18.3 Å². The third-order valence-corrected chi connectivity index (χ3v) is 4.19. The zero-order chi connectivity index (χ0) is 17.5. The average molecular weight is 334 g/mol. The first-order valence-corrected chi connectivity index (χ1v) is 8.34. The normalized spacial score (nSPS) is 15.4. The second-order valence-corrected chi connectivity index (χ2v) is 6.10. The van der Waals surface area contributed by atoms with Gasteiger partial charge in [-0.05, 0) is 45.4 Å². The maximum Gasteiger partial charge on any atom is 0.409 e. The Bertz CT molecular complexity index is 553. The highest BCUT2D eigenvalue weighted by Gasteiger charge is 2.26. The summed E-state index contributed by atoms with van der Waals surface area (Å²) in [5.41, 5.74) is 1.05. The number of anilines is 1. The van der Waals surface area contributed by atoms with Crippen LogP contribution in [0.5, 0.6) is 0 Å². The molecule has 1 N–H and O–H groups in total. The predicted molar refractivity (Wildman–Crippen MR) is 91.9 cm³/mol. The van der Waals surface area contributed by atoms with Crippen LogP contribution in [0, 0.1) is 6.92 Å². The Balaban J connectivity index is 1.76. The van der Waals surface area contributed by atoms with Crippen molar-refractivity contribution in [1.82, 2.24) is 14.8 Å². The standard InChI is InChI=1S/C17H26N4O3/c1-4-24-17(23)21-9-7-14(8-10-21)20(3)12-16(22)19-15-6-5-13(2)11-18-15/h5-6,11,14H,4,7-10,12H2,1-3H3,(H,18,19,22). The van der Waals surface area contributed by atoms with Crippen LogP contribution < -0.4 is 5.32 Å². The molecule has 24 heavy (non-hydrogen) atoms. The number of pyridine rings is 1. The molecule has 0 saturated carbocycles. The first-order valence-electron chi connectivity index (χ1n) is 8.34. The topological polar surface area (TPSA) is 74.8 Å². The molecule has 0 bridgehead atoms. The fourth-order valence-corrected chi connectivity index (χ4v) is 2.78. The summed E-state index contributed by atoms with van der Waals surface area (Å²) in [4.78, 5) is 31.8. The van der Waals surface area contributed by atoms with E-state index in [4.69, 9.17) is 4.74 Å². The lowest BCUT2D eigenvalue weighted by atomic mass is 10.0. The van der Waals surface area contributed by atoms with Crippen LogP contribution in [0.4, 0.5) is 10.6 Å². The molecule has 132 valence electrons. The van der Waals surface area contributed by atoms with Gasteiger partial charge in [-0.2, -0.15) is 0 Å². The van der Waals surface area contributed by atoms with Gasteiger partial charge in [0, 0.05) is 25.3 Å². The van der Waals surface area contributed by atoms with Crippen molar-refractivity contribution in [3.8, 4) is 0 Å². The number of aromatic nitrogens is 1. The van der Waals surface area contributed by atoms with Crippen LogP contribution in [-0.2, 0) is 9.53 Å². The Morgan fingerprint density at radius 2 is 2.08 bits per heavy atom. The van der Waals surface area contributed by atoms with Gasteiger partial charge in [0.15, 0.2) is 0 Å². The van der Waals surface area contributed by atoms with Gasteiger partial charge in [0.2, 0.25) is 5.91 Å². The minimum absolute atomic E-state index is 0.0818. The molecule has 0 spiro atoms. The second kappa shape index (κ2) is 8.63. The molecule has 0 radical (unpaired) electrons. The number of piperidine rings is 1. The minimum atomic E-state index is -0.248. The number of aryl methyl sites for hydroxylation is 1. The van der Waals surface area contributed by atoms with Gasteiger partial charge < -0.3 is 15.0 Å². The smallest absolute Gasteiger partial charge is 0.409 e. The van der Waals surface area contributed by atoms with E-state index in [0.29, 0.717) is 32.1 Å². The van der Waals surface area contributed by atoms with E-state index >= 15 is 0 Å². The highest BCUT2D eigenvalue weighted by atomic mass is 16.6. The van der Waals surface area contributed by atoms with Crippen molar-refractivity contribution in [3.05, 3.63) is 23.9 Å². The van der Waals surface area contributed by atoms with Gasteiger partial charge >= 0.3 is 6.09 Å². The largest absolute Gasteiger partial charge is 0.450 e. The quantitative estimate of drug-likeness (QED) is 0.890. The minimum Gasteiger partial charge on any atom is -0.450 e. The Kier molecular flexibility index (Phi) is 6.54. The number of ether oxygens (including phenoxy) is 1. The van der Waals surface area contributed by atoms with Gasteiger partial charge in [-0.15, -0.1) is 0 Å². The molecule has 7 heteroatoms. The number of likely N-dealkylation sites (tertiary alicyclic amines) is 1. The molecule has 2 amide bonds. The second-order valence-electron chi connectivity index (χ2n) is 6.10. The number of amides is 2. The van der Waals surface area contributed by atoms with Crippen molar-refractivity contribution in [3.63, 3.8) is 0 Å². The van der Waals surface area contributed by atoms with Crippen LogP contribution in [0.25, 0.3) is 0 Å². The van der Waals surface area contributed by atoms with Gasteiger partial charge in [-0.1, -0.05) is 6.07 Å². The molecule has 0 aromatic carbocycles. The number of likely N-dealkylation sites (N-methyl/N-ethyl adjacent to an activating group) is 1. The molecule has 0 aliphatic carbocycles. The molecule has 1 saturated heterocycles. The molecule has 1 aliphatic heterocycles. The SMILES string of the molecule is CCOC(=O)N1CCC(N(C)CC(=O)Nc2ccc(C)cn2)CC1. The number of carbonyl (C=O) groups is 2. The van der Waals surface area contributed by atoms with Gasteiger partial charge in [-0.25, -0.2) is 9.78 Å². The van der Waals surface area contributed by atoms with E-state index in [1.807, 2.05) is 24.9 Å². The van der Waals surface area contributed by atoms with Crippen molar-refractivity contribution in [2.75, 3.05) is 38.6 Å². The number of carbonyl (C=O) groups excluding carboxylic acids is 2. The summed E-state index contributed by atoms with van der Waals surface area (Å²) in [5, 5.41) is 2.81. The van der Waals surface area contributed by atoms with Crippen LogP contribution in [0.1, 0.15) is 25.3 Å². The van der Waals surface area contributed by atoms with Gasteiger partial charge in [0.25, 0.3) is 0 Å². The molecule has 1 aliphatic rings. The average Bonchev–Trinajstić information content (AvgIpc) is 2.57. The van der Waals surface area contributed by atoms with E-state index in [1.165, 1.54) is 0 Å². The van der Waals surface area contributed by atoms with E-state index < -0.39 is 0 Å². The molecule has 1 aromatic heterocycles. The Morgan fingerprint density at radius 3 is 2.67 bits per heavy atom. The fourth-order valence-electron chi connectivity index (χ4n) is 2.78. The third-order valence-electron chi connectivity index (χ3n) is 4.19. The summed E-state index contributed by atoms with van der Waals surface area (Å²) in [7, 11) is 1.94. The maximum absolute atomic E-state index is 12.1. The van der Waals surface area contributed by atoms with Crippen molar-refractivity contribution in [2.24, 2.45) is 0 Å². The molecule has 1 aromatic rings. The lowest BCUT2D eigenvalue weighted by Gasteiger charge is -2.35. The predicted octanol–water partition coefficient (Wildman–Crippen LogP) is 1.88. The summed E-state index contributed by atoms with van der Waals surface area (Å²) in [6, 6.07) is 4.00. The first kappa shape index (κ1) is 18.2. The van der Waals surface area contributed by atoms with E-state index in [0.717, 1.165) is 18.4 Å². The molecule has 0 unspecified atom stereocenters. The van der Waals surface area contributed by atoms with Crippen molar-refractivity contribution in [2.45, 2.75) is 32.7 Å². The molecule has 0 atom stereocenters. The third kappa shape index (κ3) is 5.19. The van der Waals surface area contributed by atoms with Gasteiger partial charge in [0.05, 0.1) is 13.2 Å². The Hall–Kier alpha value is -2.15.